The van der Waals surface area contributed by atoms with Crippen molar-refractivity contribution in [3.8, 4) is 0 Å². The Kier molecular flexibility index (Phi) is 5.31. The molecule has 0 bridgehead atoms. The molecular weight excluding hydrogens is 296 g/mol. The third-order valence-corrected chi connectivity index (χ3v) is 5.01. The Morgan fingerprint density at radius 2 is 2.00 bits per heavy atom. The van der Waals surface area contributed by atoms with Gasteiger partial charge >= 0.3 is 0 Å². The highest BCUT2D eigenvalue weighted by Gasteiger charge is 2.24. The molecule has 1 unspecified atom stereocenters. The summed E-state index contributed by atoms with van der Waals surface area (Å²) >= 11 is 1.86. The van der Waals surface area contributed by atoms with E-state index in [0.717, 1.165) is 50.9 Å². The lowest BCUT2D eigenvalue weighted by molar-refractivity contribution is 0.0115. The van der Waals surface area contributed by atoms with Crippen LogP contribution in [0, 0.1) is 13.8 Å². The van der Waals surface area contributed by atoms with Gasteiger partial charge < -0.3 is 14.5 Å². The predicted octanol–water partition coefficient (Wildman–Crippen LogP) is 3.12. The lowest BCUT2D eigenvalue weighted by atomic mass is 10.1. The highest BCUT2D eigenvalue weighted by Crippen LogP contribution is 2.23. The summed E-state index contributed by atoms with van der Waals surface area (Å²) in [4.78, 5) is 5.20. The minimum Gasteiger partial charge on any atom is -0.465 e. The molecule has 1 aliphatic heterocycles. The van der Waals surface area contributed by atoms with Gasteiger partial charge in [-0.1, -0.05) is 0 Å². The van der Waals surface area contributed by atoms with E-state index < -0.39 is 0 Å². The average Bonchev–Trinajstić information content (AvgIpc) is 3.13. The van der Waals surface area contributed by atoms with Crippen LogP contribution in [0.25, 0.3) is 0 Å². The molecule has 4 nitrogen and oxygen atoms in total. The first-order valence-corrected chi connectivity index (χ1v) is 8.68. The van der Waals surface area contributed by atoms with E-state index in [9.17, 15) is 0 Å². The maximum atomic E-state index is 5.89. The zero-order valence-corrected chi connectivity index (χ0v) is 14.1. The molecule has 1 aliphatic rings. The zero-order chi connectivity index (χ0) is 15.4. The van der Waals surface area contributed by atoms with E-state index in [0.29, 0.717) is 0 Å². The molecule has 1 fully saturated rings. The van der Waals surface area contributed by atoms with Crippen LogP contribution in [-0.2, 0) is 11.3 Å². The van der Waals surface area contributed by atoms with Gasteiger partial charge in [-0.25, -0.2) is 0 Å². The summed E-state index contributed by atoms with van der Waals surface area (Å²) in [5, 5.41) is 3.59. The number of ether oxygens (including phenoxy) is 1. The highest BCUT2D eigenvalue weighted by atomic mass is 32.1. The van der Waals surface area contributed by atoms with Crippen LogP contribution in [0.2, 0.25) is 0 Å². The fourth-order valence-electron chi connectivity index (χ4n) is 2.84. The minimum atomic E-state index is 0.277. The molecule has 0 aliphatic carbocycles. The van der Waals surface area contributed by atoms with Crippen LogP contribution >= 0.6 is 11.3 Å². The first-order chi connectivity index (χ1) is 10.7. The number of nitrogens with zero attached hydrogens (tertiary/aromatic N) is 1. The van der Waals surface area contributed by atoms with Crippen molar-refractivity contribution in [2.24, 2.45) is 0 Å². The van der Waals surface area contributed by atoms with E-state index in [-0.39, 0.29) is 6.04 Å². The number of morpholine rings is 1. The number of hydrogen-bond acceptors (Lipinski definition) is 5. The summed E-state index contributed by atoms with van der Waals surface area (Å²) in [5.41, 5.74) is 0. The molecule has 2 aromatic heterocycles. The molecule has 0 saturated carbocycles. The molecule has 1 N–H and O–H groups in total. The van der Waals surface area contributed by atoms with Gasteiger partial charge in [0, 0.05) is 35.9 Å². The lowest BCUT2D eigenvalue weighted by Gasteiger charge is -2.33. The molecule has 3 rings (SSSR count). The molecule has 0 amide bonds. The molecule has 22 heavy (non-hydrogen) atoms. The molecule has 1 atom stereocenters. The number of hydrogen-bond donors (Lipinski definition) is 1. The van der Waals surface area contributed by atoms with Crippen LogP contribution in [0.5, 0.6) is 0 Å². The Bertz CT molecular complexity index is 587. The first kappa shape index (κ1) is 15.7. The van der Waals surface area contributed by atoms with Gasteiger partial charge in [0.15, 0.2) is 0 Å². The average molecular weight is 320 g/mol. The van der Waals surface area contributed by atoms with Gasteiger partial charge in [-0.05, 0) is 38.1 Å². The maximum Gasteiger partial charge on any atom is 0.122 e. The van der Waals surface area contributed by atoms with E-state index in [1.807, 2.05) is 24.3 Å². The molecule has 2 aromatic rings. The fraction of sp³-hybridized carbons (Fsp3) is 0.529. The number of rotatable bonds is 6. The van der Waals surface area contributed by atoms with Crippen LogP contribution in [-0.4, -0.2) is 37.7 Å². The Balaban J connectivity index is 1.62. The third kappa shape index (κ3) is 3.98. The topological polar surface area (TPSA) is 37.6 Å². The van der Waals surface area contributed by atoms with E-state index in [1.165, 1.54) is 9.75 Å². The number of furan rings is 1. The van der Waals surface area contributed by atoms with Crippen molar-refractivity contribution in [3.05, 3.63) is 45.5 Å². The molecular formula is C17H24N2O2S. The normalized spacial score (nSPS) is 17.7. The van der Waals surface area contributed by atoms with Crippen molar-refractivity contribution in [3.63, 3.8) is 0 Å². The Labute approximate surface area is 136 Å². The van der Waals surface area contributed by atoms with Gasteiger partial charge in [-0.2, -0.15) is 0 Å². The second-order valence-electron chi connectivity index (χ2n) is 5.76. The Morgan fingerprint density at radius 1 is 1.18 bits per heavy atom. The molecule has 0 aromatic carbocycles. The SMILES string of the molecule is Cc1ccc(C(CNCc2ccc(C)s2)N2CCOCC2)o1. The summed E-state index contributed by atoms with van der Waals surface area (Å²) in [7, 11) is 0. The number of nitrogens with one attached hydrogen (secondary N) is 1. The van der Waals surface area contributed by atoms with Crippen molar-refractivity contribution in [1.29, 1.82) is 0 Å². The molecule has 5 heteroatoms. The fourth-order valence-corrected chi connectivity index (χ4v) is 3.70. The van der Waals surface area contributed by atoms with Gasteiger partial charge in [-0.15, -0.1) is 11.3 Å². The third-order valence-electron chi connectivity index (χ3n) is 4.01. The summed E-state index contributed by atoms with van der Waals surface area (Å²) < 4.78 is 11.4. The van der Waals surface area contributed by atoms with Crippen molar-refractivity contribution >= 4 is 11.3 Å². The predicted molar refractivity (Wildman–Crippen MR) is 89.3 cm³/mol. The first-order valence-electron chi connectivity index (χ1n) is 7.86. The monoisotopic (exact) mass is 320 g/mol. The largest absolute Gasteiger partial charge is 0.465 e. The molecule has 120 valence electrons. The van der Waals surface area contributed by atoms with Gasteiger partial charge in [0.1, 0.15) is 11.5 Å². The zero-order valence-electron chi connectivity index (χ0n) is 13.3. The van der Waals surface area contributed by atoms with Gasteiger partial charge in [0.25, 0.3) is 0 Å². The number of thiophene rings is 1. The van der Waals surface area contributed by atoms with Gasteiger partial charge in [-0.3, -0.25) is 4.90 Å². The van der Waals surface area contributed by atoms with Crippen LogP contribution in [0.4, 0.5) is 0 Å². The second kappa shape index (κ2) is 7.42. The molecule has 0 radical (unpaired) electrons. The lowest BCUT2D eigenvalue weighted by Crippen LogP contribution is -2.42. The molecule has 1 saturated heterocycles. The van der Waals surface area contributed by atoms with Crippen LogP contribution < -0.4 is 5.32 Å². The van der Waals surface area contributed by atoms with Gasteiger partial charge in [0.05, 0.1) is 19.3 Å². The molecule has 0 spiro atoms. The standard InChI is InChI=1S/C17H24N2O2S/c1-13-3-6-17(21-13)16(19-7-9-20-10-8-19)12-18-11-15-5-4-14(2)22-15/h3-6,16,18H,7-12H2,1-2H3. The van der Waals surface area contributed by atoms with Crippen LogP contribution in [0.3, 0.4) is 0 Å². The van der Waals surface area contributed by atoms with E-state index in [1.54, 1.807) is 0 Å². The van der Waals surface area contributed by atoms with Crippen molar-refractivity contribution < 1.29 is 9.15 Å². The highest BCUT2D eigenvalue weighted by molar-refractivity contribution is 7.11. The Morgan fingerprint density at radius 3 is 2.64 bits per heavy atom. The van der Waals surface area contributed by atoms with Crippen molar-refractivity contribution in [2.75, 3.05) is 32.8 Å². The number of aryl methyl sites for hydroxylation is 2. The van der Waals surface area contributed by atoms with Crippen molar-refractivity contribution in [2.45, 2.75) is 26.4 Å². The van der Waals surface area contributed by atoms with Gasteiger partial charge in [0.2, 0.25) is 0 Å². The van der Waals surface area contributed by atoms with E-state index >= 15 is 0 Å². The van der Waals surface area contributed by atoms with E-state index in [2.05, 4.69) is 35.3 Å². The smallest absolute Gasteiger partial charge is 0.122 e. The van der Waals surface area contributed by atoms with Crippen molar-refractivity contribution in [1.82, 2.24) is 10.2 Å². The minimum absolute atomic E-state index is 0.277. The van der Waals surface area contributed by atoms with Crippen LogP contribution in [0.15, 0.2) is 28.7 Å². The summed E-state index contributed by atoms with van der Waals surface area (Å²) in [5.74, 6) is 2.02. The summed E-state index contributed by atoms with van der Waals surface area (Å²) in [6.07, 6.45) is 0. The Hall–Kier alpha value is -1.14. The quantitative estimate of drug-likeness (QED) is 0.887. The summed E-state index contributed by atoms with van der Waals surface area (Å²) in [6, 6.07) is 8.81. The summed E-state index contributed by atoms with van der Waals surface area (Å²) in [6.45, 7) is 9.50. The second-order valence-corrected chi connectivity index (χ2v) is 7.13. The maximum absolute atomic E-state index is 5.89. The molecule has 3 heterocycles. The van der Waals surface area contributed by atoms with Crippen LogP contribution in [0.1, 0.15) is 27.3 Å². The van der Waals surface area contributed by atoms with E-state index in [4.69, 9.17) is 9.15 Å².